The van der Waals surface area contributed by atoms with Crippen LogP contribution in [0, 0.1) is 10.1 Å². The summed E-state index contributed by atoms with van der Waals surface area (Å²) in [6.45, 7) is 4.33. The minimum atomic E-state index is -3.47. The highest BCUT2D eigenvalue weighted by Crippen LogP contribution is 2.15. The number of nitrogens with zero attached hydrogens (tertiary/aromatic N) is 4. The Morgan fingerprint density at radius 1 is 1.10 bits per heavy atom. The molecule has 0 saturated carbocycles. The average Bonchev–Trinajstić information content (AvgIpc) is 2.74. The average molecular weight is 436 g/mol. The molecule has 0 spiro atoms. The van der Waals surface area contributed by atoms with E-state index in [0.29, 0.717) is 18.1 Å². The summed E-state index contributed by atoms with van der Waals surface area (Å²) in [7, 11) is -1.97. The molecule has 0 aliphatic carbocycles. The summed E-state index contributed by atoms with van der Waals surface area (Å²) in [4.78, 5) is 18.7. The summed E-state index contributed by atoms with van der Waals surface area (Å²) in [5.74, 6) is 0.422. The molecule has 1 aromatic heterocycles. The van der Waals surface area contributed by atoms with Gasteiger partial charge in [0, 0.05) is 57.5 Å². The Bertz CT molecular complexity index is 942. The Balaban J connectivity index is 1.42. The van der Waals surface area contributed by atoms with Crippen molar-refractivity contribution < 1.29 is 18.1 Å². The van der Waals surface area contributed by atoms with E-state index in [1.165, 1.54) is 25.4 Å². The van der Waals surface area contributed by atoms with E-state index in [4.69, 9.17) is 4.74 Å². The zero-order valence-electron chi connectivity index (χ0n) is 16.7. The number of pyridine rings is 1. The van der Waals surface area contributed by atoms with Crippen LogP contribution in [0.4, 0.5) is 11.4 Å². The molecule has 162 valence electrons. The molecule has 30 heavy (non-hydrogen) atoms. The van der Waals surface area contributed by atoms with Gasteiger partial charge < -0.3 is 4.74 Å². The maximum Gasteiger partial charge on any atom is 0.269 e. The normalized spacial score (nSPS) is 15.6. The van der Waals surface area contributed by atoms with Crippen molar-refractivity contribution >= 4 is 21.4 Å². The van der Waals surface area contributed by atoms with Gasteiger partial charge in [-0.25, -0.2) is 13.4 Å². The second-order valence-electron chi connectivity index (χ2n) is 7.05. The lowest BCUT2D eigenvalue weighted by Crippen LogP contribution is -2.47. The number of hydrogen-bond acceptors (Lipinski definition) is 8. The Morgan fingerprint density at radius 2 is 1.77 bits per heavy atom. The molecular weight excluding hydrogens is 410 g/mol. The van der Waals surface area contributed by atoms with Crippen molar-refractivity contribution in [1.82, 2.24) is 14.8 Å². The van der Waals surface area contributed by atoms with Gasteiger partial charge in [0.15, 0.2) is 0 Å². The van der Waals surface area contributed by atoms with Crippen LogP contribution in [0.15, 0.2) is 42.6 Å². The minimum absolute atomic E-state index is 0.00137. The fourth-order valence-corrected chi connectivity index (χ4v) is 4.27. The maximum absolute atomic E-state index is 12.3. The molecular formula is C19H25N5O5S. The Hall–Kier alpha value is -2.76. The zero-order chi connectivity index (χ0) is 21.6. The molecule has 0 bridgehead atoms. The molecule has 0 atom stereocenters. The predicted molar refractivity (Wildman–Crippen MR) is 113 cm³/mol. The number of nitro benzene ring substituents is 1. The zero-order valence-corrected chi connectivity index (χ0v) is 17.5. The van der Waals surface area contributed by atoms with Gasteiger partial charge in [-0.05, 0) is 11.6 Å². The first-order valence-corrected chi connectivity index (χ1v) is 11.2. The minimum Gasteiger partial charge on any atom is -0.481 e. The molecule has 0 amide bonds. The highest BCUT2D eigenvalue weighted by molar-refractivity contribution is 7.92. The number of aromatic nitrogens is 1. The molecule has 1 aliphatic heterocycles. The first kappa shape index (κ1) is 21.9. The molecule has 2 aromatic rings. The summed E-state index contributed by atoms with van der Waals surface area (Å²) >= 11 is 0. The summed E-state index contributed by atoms with van der Waals surface area (Å²) in [5.41, 5.74) is 1.52. The first-order chi connectivity index (χ1) is 14.3. The fourth-order valence-electron chi connectivity index (χ4n) is 3.19. The number of sulfonamides is 1. The van der Waals surface area contributed by atoms with Gasteiger partial charge in [-0.2, -0.15) is 0 Å². The summed E-state index contributed by atoms with van der Waals surface area (Å²) in [6.07, 6.45) is 1.42. The lowest BCUT2D eigenvalue weighted by molar-refractivity contribution is -0.384. The van der Waals surface area contributed by atoms with Crippen molar-refractivity contribution in [2.45, 2.75) is 6.54 Å². The molecule has 3 rings (SSSR count). The molecule has 2 heterocycles. The van der Waals surface area contributed by atoms with E-state index < -0.39 is 14.9 Å². The number of rotatable bonds is 9. The molecule has 1 aliphatic rings. The van der Waals surface area contributed by atoms with Crippen LogP contribution in [0.5, 0.6) is 5.88 Å². The third kappa shape index (κ3) is 6.37. The van der Waals surface area contributed by atoms with Gasteiger partial charge in [-0.1, -0.05) is 12.1 Å². The van der Waals surface area contributed by atoms with Crippen LogP contribution in [0.25, 0.3) is 0 Å². The quantitative estimate of drug-likeness (QED) is 0.466. The predicted octanol–water partition coefficient (Wildman–Crippen LogP) is 1.56. The number of nitrogens with one attached hydrogen (secondary N) is 1. The molecule has 11 heteroatoms. The Morgan fingerprint density at radius 3 is 2.33 bits per heavy atom. The number of anilines is 1. The summed E-state index contributed by atoms with van der Waals surface area (Å²) < 4.78 is 32.1. The third-order valence-corrected chi connectivity index (χ3v) is 6.18. The number of nitro groups is 1. The van der Waals surface area contributed by atoms with Gasteiger partial charge in [0.1, 0.15) is 0 Å². The maximum atomic E-state index is 12.3. The van der Waals surface area contributed by atoms with E-state index >= 15 is 0 Å². The summed E-state index contributed by atoms with van der Waals surface area (Å²) in [6, 6.07) is 9.79. The van der Waals surface area contributed by atoms with Crippen LogP contribution < -0.4 is 9.46 Å². The largest absolute Gasteiger partial charge is 0.481 e. The highest BCUT2D eigenvalue weighted by Gasteiger charge is 2.20. The molecule has 1 saturated heterocycles. The van der Waals surface area contributed by atoms with Crippen molar-refractivity contribution in [2.75, 3.05) is 50.3 Å². The second kappa shape index (κ2) is 9.83. The number of hydrogen-bond donors (Lipinski definition) is 1. The lowest BCUT2D eigenvalue weighted by Gasteiger charge is -2.34. The second-order valence-corrected chi connectivity index (χ2v) is 8.89. The van der Waals surface area contributed by atoms with E-state index in [-0.39, 0.29) is 11.4 Å². The Kier molecular flexibility index (Phi) is 7.19. The molecule has 10 nitrogen and oxygen atoms in total. The van der Waals surface area contributed by atoms with E-state index in [9.17, 15) is 18.5 Å². The van der Waals surface area contributed by atoms with Crippen molar-refractivity contribution in [3.8, 4) is 5.88 Å². The number of piperazine rings is 1. The van der Waals surface area contributed by atoms with E-state index in [2.05, 4.69) is 19.5 Å². The van der Waals surface area contributed by atoms with E-state index in [0.717, 1.165) is 38.3 Å². The van der Waals surface area contributed by atoms with Crippen molar-refractivity contribution in [3.63, 3.8) is 0 Å². The van der Waals surface area contributed by atoms with Crippen LogP contribution in [-0.4, -0.2) is 73.7 Å². The van der Waals surface area contributed by atoms with Crippen molar-refractivity contribution in [1.29, 1.82) is 0 Å². The van der Waals surface area contributed by atoms with Crippen LogP contribution in [-0.2, 0) is 16.6 Å². The van der Waals surface area contributed by atoms with Gasteiger partial charge >= 0.3 is 0 Å². The standard InChI is InChI=1S/C19H25N5O5S/c1-29-19-7-4-17(14-20-19)21-30(27,28)13-12-22-8-10-23(11-9-22)15-16-2-5-18(6-3-16)24(25)26/h2-7,14,21H,8-13,15H2,1H3. The first-order valence-electron chi connectivity index (χ1n) is 9.53. The van der Waals surface area contributed by atoms with Crippen LogP contribution in [0.3, 0.4) is 0 Å². The molecule has 0 radical (unpaired) electrons. The lowest BCUT2D eigenvalue weighted by atomic mass is 10.2. The smallest absolute Gasteiger partial charge is 0.269 e. The number of ether oxygens (including phenoxy) is 1. The third-order valence-electron chi connectivity index (χ3n) is 4.91. The monoisotopic (exact) mass is 435 g/mol. The number of non-ortho nitro benzene ring substituents is 1. The molecule has 1 aromatic carbocycles. The van der Waals surface area contributed by atoms with Gasteiger partial charge in [0.2, 0.25) is 15.9 Å². The molecule has 1 N–H and O–H groups in total. The fraction of sp³-hybridized carbons (Fsp3) is 0.421. The van der Waals surface area contributed by atoms with Crippen molar-refractivity contribution in [2.24, 2.45) is 0 Å². The van der Waals surface area contributed by atoms with Gasteiger partial charge in [0.25, 0.3) is 5.69 Å². The van der Waals surface area contributed by atoms with Crippen molar-refractivity contribution in [3.05, 3.63) is 58.3 Å². The van der Waals surface area contributed by atoms with Crippen LogP contribution in [0.1, 0.15) is 5.56 Å². The highest BCUT2D eigenvalue weighted by atomic mass is 32.2. The van der Waals surface area contributed by atoms with Gasteiger partial charge in [0.05, 0.1) is 29.7 Å². The number of methoxy groups -OCH3 is 1. The number of benzene rings is 1. The van der Waals surface area contributed by atoms with Crippen LogP contribution in [0.2, 0.25) is 0 Å². The van der Waals surface area contributed by atoms with E-state index in [1.54, 1.807) is 24.3 Å². The summed E-state index contributed by atoms with van der Waals surface area (Å²) in [5, 5.41) is 10.7. The van der Waals surface area contributed by atoms with Gasteiger partial charge in [-0.15, -0.1) is 0 Å². The topological polar surface area (TPSA) is 118 Å². The Labute approximate surface area is 175 Å². The molecule has 1 fully saturated rings. The SMILES string of the molecule is COc1ccc(NS(=O)(=O)CCN2CCN(Cc3ccc([N+](=O)[O-])cc3)CC2)cn1. The van der Waals surface area contributed by atoms with Gasteiger partial charge in [-0.3, -0.25) is 24.6 Å². The van der Waals surface area contributed by atoms with Crippen LogP contribution >= 0.6 is 0 Å². The molecule has 0 unspecified atom stereocenters. The van der Waals surface area contributed by atoms with E-state index in [1.807, 2.05) is 0 Å².